The molecule has 4 nitrogen and oxygen atoms in total. The van der Waals surface area contributed by atoms with Gasteiger partial charge in [0.2, 0.25) is 5.88 Å². The molecule has 0 amide bonds. The molecule has 0 atom stereocenters. The molecule has 0 spiro atoms. The number of rotatable bonds is 3. The van der Waals surface area contributed by atoms with Gasteiger partial charge in [-0.25, -0.2) is 0 Å². The topological polar surface area (TPSA) is 44.1 Å². The molecular formula is C12H7Cl2F3N2O2. The zero-order valence-corrected chi connectivity index (χ0v) is 11.9. The van der Waals surface area contributed by atoms with E-state index in [4.69, 9.17) is 27.9 Å². The van der Waals surface area contributed by atoms with Gasteiger partial charge in [-0.1, -0.05) is 23.2 Å². The van der Waals surface area contributed by atoms with Crippen molar-refractivity contribution in [2.45, 2.75) is 6.18 Å². The van der Waals surface area contributed by atoms with Gasteiger partial charge >= 0.3 is 6.18 Å². The first-order valence-electron chi connectivity index (χ1n) is 5.43. The fraction of sp³-hybridized carbons (Fsp3) is 0.167. The van der Waals surface area contributed by atoms with Crippen LogP contribution in [0.4, 0.5) is 13.2 Å². The van der Waals surface area contributed by atoms with Gasteiger partial charge in [-0.3, -0.25) is 4.79 Å². The van der Waals surface area contributed by atoms with E-state index in [0.29, 0.717) is 6.29 Å². The van der Waals surface area contributed by atoms with E-state index in [2.05, 4.69) is 5.10 Å². The van der Waals surface area contributed by atoms with Crippen molar-refractivity contribution in [3.63, 3.8) is 0 Å². The Morgan fingerprint density at radius 3 is 2.24 bits per heavy atom. The number of carbonyl (C=O) groups is 1. The van der Waals surface area contributed by atoms with E-state index in [-0.39, 0.29) is 27.3 Å². The number of benzene rings is 1. The summed E-state index contributed by atoms with van der Waals surface area (Å²) in [6, 6.07) is 2.76. The van der Waals surface area contributed by atoms with Crippen molar-refractivity contribution in [3.05, 3.63) is 39.5 Å². The van der Waals surface area contributed by atoms with Gasteiger partial charge in [0.05, 0.1) is 22.7 Å². The van der Waals surface area contributed by atoms with Crippen LogP contribution in [0.1, 0.15) is 16.1 Å². The Hall–Kier alpha value is -1.73. The van der Waals surface area contributed by atoms with Gasteiger partial charge in [0.15, 0.2) is 6.29 Å². The van der Waals surface area contributed by atoms with Crippen molar-refractivity contribution in [2.24, 2.45) is 0 Å². The minimum Gasteiger partial charge on any atom is -0.481 e. The standard InChI is InChI=1S/C12H7Cl2F3N2O2/c1-21-10-4-7(5-20)18-19(10)11-8(13)2-6(3-9(11)14)12(15,16)17/h2-5H,1H3. The monoisotopic (exact) mass is 338 g/mol. The maximum absolute atomic E-state index is 12.7. The molecule has 9 heteroatoms. The second-order valence-corrected chi connectivity index (χ2v) is 4.74. The Balaban J connectivity index is 2.65. The third-order valence-corrected chi connectivity index (χ3v) is 3.16. The average Bonchev–Trinajstić information content (AvgIpc) is 2.80. The lowest BCUT2D eigenvalue weighted by Gasteiger charge is -2.13. The molecule has 112 valence electrons. The minimum atomic E-state index is -4.58. The van der Waals surface area contributed by atoms with Crippen molar-refractivity contribution < 1.29 is 22.7 Å². The first-order valence-corrected chi connectivity index (χ1v) is 6.19. The van der Waals surface area contributed by atoms with Gasteiger partial charge in [0, 0.05) is 6.07 Å². The van der Waals surface area contributed by atoms with Crippen LogP contribution in [-0.4, -0.2) is 23.2 Å². The molecule has 0 fully saturated rings. The van der Waals surface area contributed by atoms with Crippen molar-refractivity contribution >= 4 is 29.5 Å². The van der Waals surface area contributed by atoms with E-state index in [9.17, 15) is 18.0 Å². The second-order valence-electron chi connectivity index (χ2n) is 3.93. The lowest BCUT2D eigenvalue weighted by molar-refractivity contribution is -0.137. The number of alkyl halides is 3. The fourth-order valence-corrected chi connectivity index (χ4v) is 2.32. The number of carbonyl (C=O) groups excluding carboxylic acids is 1. The summed E-state index contributed by atoms with van der Waals surface area (Å²) in [5.41, 5.74) is -0.960. The van der Waals surface area contributed by atoms with E-state index in [0.717, 1.165) is 16.8 Å². The van der Waals surface area contributed by atoms with Gasteiger partial charge in [0.25, 0.3) is 0 Å². The predicted molar refractivity (Wildman–Crippen MR) is 70.5 cm³/mol. The number of halogens is 5. The van der Waals surface area contributed by atoms with Crippen molar-refractivity contribution in [2.75, 3.05) is 7.11 Å². The van der Waals surface area contributed by atoms with Crippen LogP contribution in [0, 0.1) is 0 Å². The summed E-state index contributed by atoms with van der Waals surface area (Å²) < 4.78 is 44.1. The Labute approximate surface area is 127 Å². The van der Waals surface area contributed by atoms with Crippen LogP contribution in [-0.2, 0) is 6.18 Å². The highest BCUT2D eigenvalue weighted by Gasteiger charge is 2.32. The fourth-order valence-electron chi connectivity index (χ4n) is 1.68. The molecule has 0 radical (unpaired) electrons. The van der Waals surface area contributed by atoms with Crippen LogP contribution >= 0.6 is 23.2 Å². The Morgan fingerprint density at radius 2 is 1.81 bits per heavy atom. The Morgan fingerprint density at radius 1 is 1.24 bits per heavy atom. The van der Waals surface area contributed by atoms with Crippen LogP contribution < -0.4 is 4.74 Å². The summed E-state index contributed by atoms with van der Waals surface area (Å²) in [6.45, 7) is 0. The molecular weight excluding hydrogens is 332 g/mol. The van der Waals surface area contributed by atoms with E-state index in [1.165, 1.54) is 13.2 Å². The lowest BCUT2D eigenvalue weighted by atomic mass is 10.2. The molecule has 0 aliphatic rings. The molecule has 21 heavy (non-hydrogen) atoms. The molecule has 1 heterocycles. The summed E-state index contributed by atoms with van der Waals surface area (Å²) in [5, 5.41) is 3.32. The number of ether oxygens (including phenoxy) is 1. The number of hydrogen-bond donors (Lipinski definition) is 0. The Bertz CT molecular complexity index is 675. The first-order chi connectivity index (χ1) is 9.77. The van der Waals surface area contributed by atoms with Crippen LogP contribution in [0.5, 0.6) is 5.88 Å². The molecule has 0 aliphatic heterocycles. The molecule has 0 aliphatic carbocycles. The first kappa shape index (κ1) is 15.7. The highest BCUT2D eigenvalue weighted by Crippen LogP contribution is 2.38. The van der Waals surface area contributed by atoms with E-state index < -0.39 is 11.7 Å². The number of methoxy groups -OCH3 is 1. The van der Waals surface area contributed by atoms with E-state index >= 15 is 0 Å². The van der Waals surface area contributed by atoms with Gasteiger partial charge < -0.3 is 4.74 Å². The number of hydrogen-bond acceptors (Lipinski definition) is 3. The number of nitrogens with zero attached hydrogens (tertiary/aromatic N) is 2. The number of aldehydes is 1. The molecule has 1 aromatic carbocycles. The third kappa shape index (κ3) is 2.98. The van der Waals surface area contributed by atoms with Gasteiger partial charge in [0.1, 0.15) is 11.4 Å². The maximum Gasteiger partial charge on any atom is 0.416 e. The molecule has 0 bridgehead atoms. The average molecular weight is 339 g/mol. The minimum absolute atomic E-state index is 0.00344. The van der Waals surface area contributed by atoms with Crippen molar-refractivity contribution in [3.8, 4) is 11.6 Å². The van der Waals surface area contributed by atoms with E-state index in [1.54, 1.807) is 0 Å². The quantitative estimate of drug-likeness (QED) is 0.794. The van der Waals surface area contributed by atoms with E-state index in [1.807, 2.05) is 0 Å². The van der Waals surface area contributed by atoms with Crippen molar-refractivity contribution in [1.82, 2.24) is 9.78 Å². The third-order valence-electron chi connectivity index (χ3n) is 2.58. The smallest absolute Gasteiger partial charge is 0.416 e. The summed E-state index contributed by atoms with van der Waals surface area (Å²) in [7, 11) is 1.31. The van der Waals surface area contributed by atoms with Gasteiger partial charge in [-0.15, -0.1) is 0 Å². The largest absolute Gasteiger partial charge is 0.481 e. The van der Waals surface area contributed by atoms with Crippen LogP contribution in [0.2, 0.25) is 10.0 Å². The summed E-state index contributed by atoms with van der Waals surface area (Å²) >= 11 is 11.7. The molecule has 2 aromatic rings. The highest BCUT2D eigenvalue weighted by molar-refractivity contribution is 6.37. The molecule has 1 aromatic heterocycles. The maximum atomic E-state index is 12.7. The second kappa shape index (κ2) is 5.57. The summed E-state index contributed by atoms with van der Waals surface area (Å²) in [4.78, 5) is 10.7. The summed E-state index contributed by atoms with van der Waals surface area (Å²) in [5.74, 6) is 0.112. The van der Waals surface area contributed by atoms with Crippen LogP contribution in [0.15, 0.2) is 18.2 Å². The summed E-state index contributed by atoms with van der Waals surface area (Å²) in [6.07, 6.45) is -4.11. The predicted octanol–water partition coefficient (Wildman–Crippen LogP) is 4.02. The highest BCUT2D eigenvalue weighted by atomic mass is 35.5. The lowest BCUT2D eigenvalue weighted by Crippen LogP contribution is -2.08. The van der Waals surface area contributed by atoms with Gasteiger partial charge in [-0.2, -0.15) is 23.0 Å². The zero-order chi connectivity index (χ0) is 15.8. The molecule has 2 rings (SSSR count). The van der Waals surface area contributed by atoms with Crippen molar-refractivity contribution in [1.29, 1.82) is 0 Å². The SMILES string of the molecule is COc1cc(C=O)nn1-c1c(Cl)cc(C(F)(F)F)cc1Cl. The van der Waals surface area contributed by atoms with Crippen LogP contribution in [0.25, 0.3) is 5.69 Å². The normalized spacial score (nSPS) is 11.5. The molecule has 0 saturated heterocycles. The molecule has 0 unspecified atom stereocenters. The molecule has 0 saturated carbocycles. The van der Waals surface area contributed by atoms with Gasteiger partial charge in [-0.05, 0) is 12.1 Å². The zero-order valence-electron chi connectivity index (χ0n) is 10.4. The number of aromatic nitrogens is 2. The molecule has 0 N–H and O–H groups in total. The Kier molecular flexibility index (Phi) is 4.15. The van der Waals surface area contributed by atoms with Crippen LogP contribution in [0.3, 0.4) is 0 Å².